The zero-order chi connectivity index (χ0) is 78.2. The van der Waals surface area contributed by atoms with E-state index in [0.717, 1.165) is 38.3 Å². The molecule has 14 nitrogen and oxygen atoms in total. The number of hydrogen-bond donors (Lipinski definition) is 2. The molecule has 0 aliphatic carbocycles. The van der Waals surface area contributed by atoms with E-state index >= 15 is 29.2 Å². The maximum absolute atomic E-state index is 16.9. The van der Waals surface area contributed by atoms with E-state index in [2.05, 4.69) is 135 Å². The van der Waals surface area contributed by atoms with Crippen molar-refractivity contribution in [3.8, 4) is 46.0 Å². The van der Waals surface area contributed by atoms with Gasteiger partial charge in [-0.25, -0.2) is 4.79 Å². The smallest absolute Gasteiger partial charge is 0.347 e. The van der Waals surface area contributed by atoms with Gasteiger partial charge in [0.1, 0.15) is 58.6 Å². The van der Waals surface area contributed by atoms with Crippen molar-refractivity contribution in [2.75, 3.05) is 10.6 Å². The number of rotatable bonds is 16. The predicted molar refractivity (Wildman–Crippen MR) is 435 cm³/mol. The molecule has 14 heteroatoms. The second-order valence-corrected chi connectivity index (χ2v) is 36.6. The molecule has 11 aromatic carbocycles. The van der Waals surface area contributed by atoms with E-state index in [1.165, 1.54) is 0 Å². The molecule has 5 amide bonds. The van der Waals surface area contributed by atoms with Gasteiger partial charge in [-0.2, -0.15) is 0 Å². The van der Waals surface area contributed by atoms with Gasteiger partial charge in [-0.1, -0.05) is 225 Å². The Morgan fingerprint density at radius 3 is 0.935 bits per heavy atom. The molecule has 0 saturated heterocycles. The minimum atomic E-state index is -1.61. The topological polar surface area (TPSA) is 173 Å². The Kier molecular flexibility index (Phi) is 19.0. The number of hydroxylamine groups is 3. The Balaban J connectivity index is 1.17. The van der Waals surface area contributed by atoms with Crippen molar-refractivity contribution in [1.29, 1.82) is 0 Å². The fourth-order valence-corrected chi connectivity index (χ4v) is 15.4. The third-order valence-electron chi connectivity index (χ3n) is 21.5. The molecular formula is C94H102N4O10. The van der Waals surface area contributed by atoms with Crippen molar-refractivity contribution in [3.63, 3.8) is 0 Å². The van der Waals surface area contributed by atoms with E-state index < -0.39 is 64.6 Å². The quantitative estimate of drug-likeness (QED) is 0.0312. The summed E-state index contributed by atoms with van der Waals surface area (Å²) in [7, 11) is 0. The first-order valence-electron chi connectivity index (χ1n) is 37.7. The van der Waals surface area contributed by atoms with Gasteiger partial charge in [0, 0.05) is 65.9 Å². The lowest BCUT2D eigenvalue weighted by Crippen LogP contribution is -2.62. The monoisotopic (exact) mass is 1450 g/mol. The molecule has 0 spiro atoms. The van der Waals surface area contributed by atoms with Crippen LogP contribution >= 0.6 is 0 Å². The number of imide groups is 1. The fourth-order valence-electron chi connectivity index (χ4n) is 15.4. The second-order valence-electron chi connectivity index (χ2n) is 36.6. The van der Waals surface area contributed by atoms with Crippen molar-refractivity contribution < 1.29 is 47.6 Å². The summed E-state index contributed by atoms with van der Waals surface area (Å²) in [5.41, 5.74) is 6.38. The van der Waals surface area contributed by atoms with Crippen LogP contribution in [0.1, 0.15) is 222 Å². The molecule has 2 aliphatic rings. The summed E-state index contributed by atoms with van der Waals surface area (Å²) in [4.78, 5) is 81.3. The Morgan fingerprint density at radius 1 is 0.361 bits per heavy atom. The normalized spacial score (nSPS) is 15.8. The van der Waals surface area contributed by atoms with Crippen molar-refractivity contribution in [2.24, 2.45) is 11.8 Å². The van der Waals surface area contributed by atoms with E-state index in [1.54, 1.807) is 38.1 Å². The van der Waals surface area contributed by atoms with Gasteiger partial charge in [0.15, 0.2) is 6.04 Å². The fraction of sp³-hybridized carbons (Fsp3) is 0.351. The average Bonchev–Trinajstić information content (AvgIpc) is 0.669. The Morgan fingerprint density at radius 2 is 0.639 bits per heavy atom. The number of fused-ring (bicyclic) bond motifs is 2. The number of carbonyl (C=O) groups excluding carboxylic acids is 5. The van der Waals surface area contributed by atoms with E-state index in [-0.39, 0.29) is 77.6 Å². The Bertz CT molecular complexity index is 5250. The highest BCUT2D eigenvalue weighted by atomic mass is 16.6. The molecule has 2 N–H and O–H groups in total. The summed E-state index contributed by atoms with van der Waals surface area (Å²) in [6.45, 7) is 44.9. The van der Waals surface area contributed by atoms with Gasteiger partial charge in [-0.3, -0.25) is 28.7 Å². The molecular weight excluding hydrogens is 1350 g/mol. The summed E-state index contributed by atoms with van der Waals surface area (Å²) >= 11 is 0. The van der Waals surface area contributed by atoms with E-state index in [9.17, 15) is 0 Å². The predicted octanol–water partition coefficient (Wildman–Crippen LogP) is 23.6. The first-order valence-corrected chi connectivity index (χ1v) is 37.7. The van der Waals surface area contributed by atoms with Gasteiger partial charge >= 0.3 is 5.91 Å². The molecule has 0 saturated carbocycles. The van der Waals surface area contributed by atoms with Gasteiger partial charge in [0.2, 0.25) is 5.91 Å². The SMILES string of the molecule is CC(C)C(C(=O)Nc1ccc(C(C)(C)C)cc1)N1C(=O)c2cc(Oc3ccc(C(C)(C)C)cc3)c3c4c(Oc5ccc(C(C)(C)C)cc5)cc5c6c(cc(Oc7ccc(C(C)(C)C)cc7)c(c7c(Oc8ccc(C(C)(C)C)cc8)cc(c2c37)C1=O)c64)C(=O)[N+]([O-])(C(C(=O)Nc1ccc(C(C)(C)C)cc1)C(C)C)C5. The zero-order valence-electron chi connectivity index (χ0n) is 66.7. The molecule has 0 bridgehead atoms. The first-order chi connectivity index (χ1) is 50.4. The molecule has 2 aliphatic heterocycles. The maximum atomic E-state index is 16.9. The van der Waals surface area contributed by atoms with Gasteiger partial charge in [-0.15, -0.1) is 0 Å². The van der Waals surface area contributed by atoms with Crippen LogP contribution in [0, 0.1) is 17.0 Å². The Hall–Kier alpha value is -10.4. The van der Waals surface area contributed by atoms with Crippen LogP contribution in [-0.2, 0) is 48.6 Å². The standard InChI is InChI=1S/C94H102N4O10/c1-52(2)82(84(99)95-61-35-23-55(24-36-61)89(5,6)7)97-86(101)67-48-71(106-64-41-29-58(30-42-64)92(14,15)16)78-76-70(105-63-39-27-57(28-40-63)91(11,12)13)47-54-51-98(104,83(53(3)4)85(100)96-62-37-25-56(26-38-62)90(8,9)10)88(103)69-50-73(108-66-45-33-60(34-46-66)94(20,21)22)77(80(76)74(54)69)79-72(49-68(87(97)102)75(67)81(78)79)107-65-43-31-59(32-44-65)93(17,18)19/h23-50,52-53,82-83H,51H2,1-22H3,(H,95,99)(H,96,100). The number of quaternary nitrogens is 1. The summed E-state index contributed by atoms with van der Waals surface area (Å²) in [6, 6.07) is 50.0. The van der Waals surface area contributed by atoms with Crippen molar-refractivity contribution in [3.05, 3.63) is 231 Å². The van der Waals surface area contributed by atoms with Crippen LogP contribution in [0.3, 0.4) is 0 Å². The molecule has 3 atom stereocenters. The van der Waals surface area contributed by atoms with Crippen molar-refractivity contribution in [2.45, 2.75) is 203 Å². The van der Waals surface area contributed by atoms with Crippen LogP contribution in [0.25, 0.3) is 43.1 Å². The van der Waals surface area contributed by atoms with Crippen molar-refractivity contribution >= 4 is 84.0 Å². The highest BCUT2D eigenvalue weighted by molar-refractivity contribution is 6.43. The molecule has 0 aromatic heterocycles. The molecule has 13 rings (SSSR count). The number of ether oxygens (including phenoxy) is 4. The van der Waals surface area contributed by atoms with Crippen LogP contribution in [-0.4, -0.2) is 51.2 Å². The van der Waals surface area contributed by atoms with E-state index in [4.69, 9.17) is 18.9 Å². The van der Waals surface area contributed by atoms with Gasteiger partial charge in [-0.05, 0) is 169 Å². The average molecular weight is 1450 g/mol. The van der Waals surface area contributed by atoms with E-state index in [0.29, 0.717) is 77.6 Å². The summed E-state index contributed by atoms with van der Waals surface area (Å²) < 4.78 is 28.0. The number of nitrogens with one attached hydrogen (secondary N) is 2. The lowest BCUT2D eigenvalue weighted by molar-refractivity contribution is -0.833. The summed E-state index contributed by atoms with van der Waals surface area (Å²) in [5.74, 6) is -2.64. The van der Waals surface area contributed by atoms with Crippen LogP contribution < -0.4 is 29.6 Å². The number of anilines is 2. The summed E-state index contributed by atoms with van der Waals surface area (Å²) in [6.07, 6.45) is 0. The lowest BCUT2D eigenvalue weighted by atomic mass is 9.80. The molecule has 0 radical (unpaired) electrons. The number of amides is 5. The van der Waals surface area contributed by atoms with Crippen LogP contribution in [0.15, 0.2) is 170 Å². The third-order valence-corrected chi connectivity index (χ3v) is 21.5. The van der Waals surface area contributed by atoms with Crippen molar-refractivity contribution in [1.82, 2.24) is 4.90 Å². The number of hydrogen-bond acceptors (Lipinski definition) is 10. The van der Waals surface area contributed by atoms with E-state index in [1.807, 2.05) is 159 Å². The molecule has 3 unspecified atom stereocenters. The zero-order valence-corrected chi connectivity index (χ0v) is 66.7. The third kappa shape index (κ3) is 14.1. The molecule has 0 fully saturated rings. The number of benzene rings is 11. The molecule has 108 heavy (non-hydrogen) atoms. The highest BCUT2D eigenvalue weighted by Crippen LogP contribution is 2.59. The van der Waals surface area contributed by atoms with Gasteiger partial charge < -0.3 is 34.8 Å². The molecule has 558 valence electrons. The van der Waals surface area contributed by atoms with Gasteiger partial charge in [0.25, 0.3) is 17.7 Å². The van der Waals surface area contributed by atoms with Crippen LogP contribution in [0.5, 0.6) is 46.0 Å². The molecule has 2 heterocycles. The lowest BCUT2D eigenvalue weighted by Gasteiger charge is -2.48. The largest absolute Gasteiger partial charge is 0.624 e. The maximum Gasteiger partial charge on any atom is 0.347 e. The highest BCUT2D eigenvalue weighted by Gasteiger charge is 2.50. The Labute approximate surface area is 635 Å². The number of carbonyl (C=O) groups is 5. The first kappa shape index (κ1) is 75.8. The molecule has 11 aromatic rings. The number of nitrogens with zero attached hydrogens (tertiary/aromatic N) is 2. The summed E-state index contributed by atoms with van der Waals surface area (Å²) in [5, 5.41) is 25.9. The minimum Gasteiger partial charge on any atom is -0.624 e. The van der Waals surface area contributed by atoms with Crippen LogP contribution in [0.4, 0.5) is 11.4 Å². The van der Waals surface area contributed by atoms with Gasteiger partial charge in [0.05, 0.1) is 16.7 Å². The second kappa shape index (κ2) is 27.1. The minimum absolute atomic E-state index is 0.0136. The van der Waals surface area contributed by atoms with Crippen LogP contribution in [0.2, 0.25) is 0 Å².